The fourth-order valence-electron chi connectivity index (χ4n) is 6.32. The maximum Gasteiger partial charge on any atom is 0.243 e. The predicted molar refractivity (Wildman–Crippen MR) is 185 cm³/mol. The number of hydrogen-bond acceptors (Lipinski definition) is 3. The summed E-state index contributed by atoms with van der Waals surface area (Å²) in [4.78, 5) is 10.9. The highest BCUT2D eigenvalue weighted by atomic mass is 16.5. The predicted octanol–water partition coefficient (Wildman–Crippen LogP) is 12.5. The number of rotatable bonds is 37. The van der Waals surface area contributed by atoms with Gasteiger partial charge in [0.15, 0.2) is 0 Å². The van der Waals surface area contributed by atoms with Crippen molar-refractivity contribution < 1.29 is 10.0 Å². The summed E-state index contributed by atoms with van der Waals surface area (Å²) in [6.45, 7) is 0.868. The Morgan fingerprint density at radius 2 is 0.500 bits per heavy atom. The Labute approximate surface area is 264 Å². The molecule has 4 nitrogen and oxygen atoms in total. The third kappa shape index (κ3) is 37.4. The third-order valence-electron chi connectivity index (χ3n) is 9.23. The topological polar surface area (TPSA) is 75.4 Å². The summed E-state index contributed by atoms with van der Waals surface area (Å²) in [6, 6.07) is 0. The molecule has 0 aromatic rings. The molecule has 1 amide bonds. The molecule has 0 saturated heterocycles. The Morgan fingerprint density at radius 1 is 0.333 bits per heavy atom. The summed E-state index contributed by atoms with van der Waals surface area (Å²) in [5, 5.41) is 8.46. The highest BCUT2D eigenvalue weighted by molar-refractivity contribution is 5.74. The normalized spacial score (nSPS) is 11.4. The fourth-order valence-corrected chi connectivity index (χ4v) is 6.32. The number of hydroxylamine groups is 1. The zero-order valence-electron chi connectivity index (χ0n) is 28.6. The lowest BCUT2D eigenvalue weighted by atomic mass is 10.0. The second kappa shape index (κ2) is 38.4. The van der Waals surface area contributed by atoms with Gasteiger partial charge in [-0.3, -0.25) is 10.0 Å². The van der Waals surface area contributed by atoms with Gasteiger partial charge in [-0.15, -0.1) is 0 Å². The number of carbonyl (C=O) groups excluding carboxylic acids is 1. The molecule has 0 spiro atoms. The van der Waals surface area contributed by atoms with Crippen molar-refractivity contribution in [3.8, 4) is 0 Å². The van der Waals surface area contributed by atoms with Gasteiger partial charge in [0.25, 0.3) is 0 Å². The lowest BCUT2D eigenvalue weighted by Gasteiger charge is -2.05. The first-order valence-corrected chi connectivity index (χ1v) is 19.4. The first kappa shape index (κ1) is 41.4. The summed E-state index contributed by atoms with van der Waals surface area (Å²) in [7, 11) is 0. The van der Waals surface area contributed by atoms with Gasteiger partial charge in [-0.1, -0.05) is 212 Å². The lowest BCUT2D eigenvalue weighted by molar-refractivity contribution is -0.129. The van der Waals surface area contributed by atoms with Gasteiger partial charge in [0, 0.05) is 6.42 Å². The zero-order valence-corrected chi connectivity index (χ0v) is 28.6. The minimum atomic E-state index is -0.255. The van der Waals surface area contributed by atoms with Gasteiger partial charge in [0.1, 0.15) is 0 Å². The molecule has 0 atom stereocenters. The van der Waals surface area contributed by atoms with E-state index in [0.29, 0.717) is 6.42 Å². The molecule has 4 N–H and O–H groups in total. The summed E-state index contributed by atoms with van der Waals surface area (Å²) >= 11 is 0. The molecular formula is C38H78N2O2. The molecule has 0 aliphatic heterocycles. The van der Waals surface area contributed by atoms with E-state index in [1.54, 1.807) is 5.48 Å². The fraction of sp³-hybridized carbons (Fsp3) is 0.974. The van der Waals surface area contributed by atoms with E-state index in [0.717, 1.165) is 19.4 Å². The molecule has 0 radical (unpaired) electrons. The number of carbonyl (C=O) groups is 1. The molecule has 42 heavy (non-hydrogen) atoms. The van der Waals surface area contributed by atoms with Crippen molar-refractivity contribution in [1.82, 2.24) is 5.48 Å². The van der Waals surface area contributed by atoms with E-state index >= 15 is 0 Å². The molecule has 0 heterocycles. The molecule has 0 aromatic carbocycles. The van der Waals surface area contributed by atoms with Gasteiger partial charge >= 0.3 is 0 Å². The van der Waals surface area contributed by atoms with E-state index in [-0.39, 0.29) is 5.91 Å². The molecule has 0 aromatic heterocycles. The molecule has 0 bridgehead atoms. The molecule has 0 fully saturated rings. The average Bonchev–Trinajstić information content (AvgIpc) is 3.00. The maximum atomic E-state index is 10.9. The minimum Gasteiger partial charge on any atom is -0.330 e. The van der Waals surface area contributed by atoms with Crippen LogP contribution in [0.25, 0.3) is 0 Å². The Morgan fingerprint density at radius 3 is 0.667 bits per heavy atom. The maximum absolute atomic E-state index is 10.9. The van der Waals surface area contributed by atoms with Crippen LogP contribution in [0.4, 0.5) is 0 Å². The van der Waals surface area contributed by atoms with E-state index in [1.165, 1.54) is 212 Å². The van der Waals surface area contributed by atoms with E-state index in [2.05, 4.69) is 0 Å². The van der Waals surface area contributed by atoms with Crippen molar-refractivity contribution in [2.45, 2.75) is 231 Å². The minimum absolute atomic E-state index is 0.255. The Hall–Kier alpha value is -0.610. The van der Waals surface area contributed by atoms with Crippen molar-refractivity contribution in [3.63, 3.8) is 0 Å². The summed E-state index contributed by atoms with van der Waals surface area (Å²) in [5.41, 5.74) is 7.25. The van der Waals surface area contributed by atoms with Crippen LogP contribution in [0.15, 0.2) is 0 Å². The van der Waals surface area contributed by atoms with Crippen LogP contribution in [0.5, 0.6) is 0 Å². The van der Waals surface area contributed by atoms with Crippen LogP contribution in [0.3, 0.4) is 0 Å². The van der Waals surface area contributed by atoms with Gasteiger partial charge in [-0.25, -0.2) is 5.48 Å². The Kier molecular flexibility index (Phi) is 37.9. The largest absolute Gasteiger partial charge is 0.330 e. The van der Waals surface area contributed by atoms with E-state index in [4.69, 9.17) is 10.9 Å². The molecule has 0 aliphatic rings. The lowest BCUT2D eigenvalue weighted by Crippen LogP contribution is -2.17. The van der Waals surface area contributed by atoms with Crippen molar-refractivity contribution >= 4 is 5.91 Å². The highest BCUT2D eigenvalue weighted by Gasteiger charge is 1.99. The Balaban J connectivity index is 3.04. The van der Waals surface area contributed by atoms with Gasteiger partial charge in [-0.05, 0) is 19.4 Å². The van der Waals surface area contributed by atoms with Crippen LogP contribution in [0.1, 0.15) is 231 Å². The van der Waals surface area contributed by atoms with Crippen LogP contribution < -0.4 is 11.2 Å². The van der Waals surface area contributed by atoms with Crippen LogP contribution >= 0.6 is 0 Å². The average molecular weight is 595 g/mol. The van der Waals surface area contributed by atoms with Crippen molar-refractivity contribution in [1.29, 1.82) is 0 Å². The monoisotopic (exact) mass is 595 g/mol. The van der Waals surface area contributed by atoms with Crippen molar-refractivity contribution in [2.24, 2.45) is 5.73 Å². The number of unbranched alkanes of at least 4 members (excludes halogenated alkanes) is 34. The van der Waals surface area contributed by atoms with Gasteiger partial charge < -0.3 is 5.73 Å². The Bertz CT molecular complexity index is 499. The molecular weight excluding hydrogens is 516 g/mol. The first-order valence-electron chi connectivity index (χ1n) is 19.4. The highest BCUT2D eigenvalue weighted by Crippen LogP contribution is 2.17. The number of nitrogens with one attached hydrogen (secondary N) is 1. The summed E-state index contributed by atoms with van der Waals surface area (Å²) in [6.07, 6.45) is 49.4. The van der Waals surface area contributed by atoms with Crippen molar-refractivity contribution in [2.75, 3.05) is 6.54 Å². The van der Waals surface area contributed by atoms with E-state index < -0.39 is 0 Å². The summed E-state index contributed by atoms with van der Waals surface area (Å²) < 4.78 is 0. The third-order valence-corrected chi connectivity index (χ3v) is 9.23. The molecule has 0 rings (SSSR count). The molecule has 4 heteroatoms. The SMILES string of the molecule is NCCCCCCCCCCCCCCCCCCCCCCCCCCCCCCCCCCCCCC(=O)NO. The van der Waals surface area contributed by atoms with Crippen LogP contribution in [0, 0.1) is 0 Å². The molecule has 0 saturated carbocycles. The standard InChI is InChI=1S/C38H78N2O2/c39-37-35-33-31-29-27-25-23-21-19-17-15-13-11-9-7-5-3-1-2-4-6-8-10-12-14-16-18-20-22-24-26-28-30-32-34-36-38(41)40-42/h42H,1-37,39H2,(H,40,41). The molecule has 252 valence electrons. The zero-order chi connectivity index (χ0) is 30.4. The number of amides is 1. The van der Waals surface area contributed by atoms with Gasteiger partial charge in [-0.2, -0.15) is 0 Å². The van der Waals surface area contributed by atoms with E-state index in [9.17, 15) is 4.79 Å². The first-order chi connectivity index (χ1) is 20.8. The van der Waals surface area contributed by atoms with Gasteiger partial charge in [0.05, 0.1) is 0 Å². The van der Waals surface area contributed by atoms with Crippen LogP contribution in [-0.4, -0.2) is 17.7 Å². The smallest absolute Gasteiger partial charge is 0.243 e. The molecule has 0 unspecified atom stereocenters. The summed E-state index contributed by atoms with van der Waals surface area (Å²) in [5.74, 6) is -0.255. The van der Waals surface area contributed by atoms with Crippen molar-refractivity contribution in [3.05, 3.63) is 0 Å². The second-order valence-electron chi connectivity index (χ2n) is 13.4. The quantitative estimate of drug-likeness (QED) is 0.0380. The second-order valence-corrected chi connectivity index (χ2v) is 13.4. The van der Waals surface area contributed by atoms with E-state index in [1.807, 2.05) is 0 Å². The number of hydrogen-bond donors (Lipinski definition) is 3. The van der Waals surface area contributed by atoms with Gasteiger partial charge in [0.2, 0.25) is 5.91 Å². The molecule has 0 aliphatic carbocycles. The van der Waals surface area contributed by atoms with Crippen LogP contribution in [0.2, 0.25) is 0 Å². The van der Waals surface area contributed by atoms with Crippen LogP contribution in [-0.2, 0) is 4.79 Å². The number of nitrogens with two attached hydrogens (primary N) is 1.